The topological polar surface area (TPSA) is 163 Å². The van der Waals surface area contributed by atoms with Crippen LogP contribution in [0.2, 0.25) is 0 Å². The number of hydrogen-bond acceptors (Lipinski definition) is 7. The predicted octanol–water partition coefficient (Wildman–Crippen LogP) is -1.99. The SMILES string of the molecule is B=C(NCC(=O)NCC(=O)N(N)[C@@H](Cc1ccccc1)C(=O)NCC(=O)O)OC(C)(C)C. The van der Waals surface area contributed by atoms with Gasteiger partial charge in [0, 0.05) is 0 Å². The van der Waals surface area contributed by atoms with E-state index in [1.54, 1.807) is 30.3 Å². The molecule has 1 rings (SSSR count). The maximum absolute atomic E-state index is 12.5. The molecule has 0 unspecified atom stereocenters. The number of carboxylic acids is 1. The Morgan fingerprint density at radius 2 is 1.69 bits per heavy atom. The van der Waals surface area contributed by atoms with Crippen molar-refractivity contribution in [1.29, 1.82) is 0 Å². The monoisotopic (exact) mass is 447 g/mol. The Morgan fingerprint density at radius 3 is 2.25 bits per heavy atom. The molecule has 32 heavy (non-hydrogen) atoms. The van der Waals surface area contributed by atoms with E-state index in [4.69, 9.17) is 15.7 Å². The average Bonchev–Trinajstić information content (AvgIpc) is 2.71. The molecule has 0 aromatic heterocycles. The minimum absolute atomic E-state index is 0.0635. The van der Waals surface area contributed by atoms with Gasteiger partial charge >= 0.3 is 159 Å². The normalized spacial score (nSPS) is 11.6. The van der Waals surface area contributed by atoms with Crippen LogP contribution in [-0.4, -0.2) is 78.3 Å². The third-order valence-corrected chi connectivity index (χ3v) is 3.92. The summed E-state index contributed by atoms with van der Waals surface area (Å²) in [6.07, 6.45) is 0.0635. The second-order valence-corrected chi connectivity index (χ2v) is 7.89. The fourth-order valence-corrected chi connectivity index (χ4v) is 2.52. The van der Waals surface area contributed by atoms with Gasteiger partial charge in [-0.2, -0.15) is 0 Å². The molecule has 0 fully saturated rings. The summed E-state index contributed by atoms with van der Waals surface area (Å²) in [5.41, 5.74) is 0.239. The van der Waals surface area contributed by atoms with Crippen LogP contribution in [0, 0.1) is 0 Å². The van der Waals surface area contributed by atoms with Crippen LogP contribution < -0.4 is 21.8 Å². The first kappa shape index (κ1) is 26.6. The molecule has 11 nitrogen and oxygen atoms in total. The zero-order valence-electron chi connectivity index (χ0n) is 18.5. The van der Waals surface area contributed by atoms with Gasteiger partial charge in [-0.05, 0) is 0 Å². The Morgan fingerprint density at radius 1 is 1.06 bits per heavy atom. The number of ether oxygens (including phenoxy) is 1. The Balaban J connectivity index is 2.67. The summed E-state index contributed by atoms with van der Waals surface area (Å²) in [7, 11) is 3.65. The van der Waals surface area contributed by atoms with Crippen molar-refractivity contribution in [2.24, 2.45) is 5.84 Å². The molecule has 12 heteroatoms. The second kappa shape index (κ2) is 12.4. The van der Waals surface area contributed by atoms with Crippen LogP contribution in [0.25, 0.3) is 0 Å². The molecule has 0 aliphatic rings. The molecule has 1 atom stereocenters. The van der Waals surface area contributed by atoms with Crippen molar-refractivity contribution in [2.75, 3.05) is 19.6 Å². The van der Waals surface area contributed by atoms with E-state index in [1.807, 2.05) is 20.8 Å². The van der Waals surface area contributed by atoms with E-state index in [1.165, 1.54) is 0 Å². The molecule has 174 valence electrons. The van der Waals surface area contributed by atoms with Gasteiger partial charge in [0.25, 0.3) is 0 Å². The second-order valence-electron chi connectivity index (χ2n) is 7.89. The fourth-order valence-electron chi connectivity index (χ4n) is 2.52. The van der Waals surface area contributed by atoms with Gasteiger partial charge in [-0.3, -0.25) is 4.79 Å². The van der Waals surface area contributed by atoms with Crippen molar-refractivity contribution in [1.82, 2.24) is 21.0 Å². The number of amides is 3. The molecular weight excluding hydrogens is 417 g/mol. The van der Waals surface area contributed by atoms with Gasteiger partial charge in [0.15, 0.2) is 0 Å². The van der Waals surface area contributed by atoms with E-state index in [2.05, 4.69) is 23.4 Å². The first-order chi connectivity index (χ1) is 14.9. The molecular formula is C20H30BN5O6. The first-order valence-electron chi connectivity index (χ1n) is 9.87. The van der Waals surface area contributed by atoms with Crippen LogP contribution in [0.1, 0.15) is 26.3 Å². The summed E-state index contributed by atoms with van der Waals surface area (Å²) in [6, 6.07) is 7.63. The third-order valence-electron chi connectivity index (χ3n) is 3.92. The number of carbonyl (C=O) groups is 4. The standard InChI is InChI=1S/C20H30BN5O6/c1-20(2,3)32-19(21)25-10-15(27)23-11-16(28)26(22)14(18(31)24-12-17(29)30)9-13-7-5-4-6-8-13/h4-8,14,21,25H,9-12,22H2,1-3H3,(H,23,27)(H,24,31)(H,29,30)/t14-/m0/s1. The Bertz CT molecular complexity index is 828. The van der Waals surface area contributed by atoms with Crippen molar-refractivity contribution in [2.45, 2.75) is 38.8 Å². The molecule has 0 saturated heterocycles. The van der Waals surface area contributed by atoms with Crippen LogP contribution >= 0.6 is 0 Å². The van der Waals surface area contributed by atoms with E-state index >= 15 is 0 Å². The molecule has 1 aromatic carbocycles. The molecule has 0 aliphatic carbocycles. The number of nitrogens with two attached hydrogens (primary N) is 1. The number of aliphatic carboxylic acids is 1. The molecule has 0 aliphatic heterocycles. The fraction of sp³-hybridized carbons (Fsp3) is 0.450. The maximum atomic E-state index is 12.5. The number of hydrazine groups is 1. The van der Waals surface area contributed by atoms with Gasteiger partial charge in [-0.15, -0.1) is 0 Å². The Kier molecular flexibility index (Phi) is 10.4. The number of carboxylic acid groups (broad SMARTS) is 1. The number of nitrogens with zero attached hydrogens (tertiary/aromatic N) is 1. The number of nitrogens with one attached hydrogen (secondary N) is 3. The third kappa shape index (κ3) is 10.6. The van der Waals surface area contributed by atoms with Crippen LogP contribution in [0.5, 0.6) is 0 Å². The van der Waals surface area contributed by atoms with Crippen molar-refractivity contribution >= 4 is 37.0 Å². The number of carbonyl (C=O) groups excluding carboxylic acids is 3. The van der Waals surface area contributed by atoms with E-state index in [-0.39, 0.29) is 18.7 Å². The summed E-state index contributed by atoms with van der Waals surface area (Å²) in [5, 5.41) is 16.8. The van der Waals surface area contributed by atoms with Crippen LogP contribution in [-0.2, 0) is 30.3 Å². The van der Waals surface area contributed by atoms with Crippen molar-refractivity contribution in [3.05, 3.63) is 35.9 Å². The summed E-state index contributed by atoms with van der Waals surface area (Å²) in [5.74, 6) is 2.87. The molecule has 6 N–H and O–H groups in total. The van der Waals surface area contributed by atoms with E-state index in [0.29, 0.717) is 5.01 Å². The zero-order chi connectivity index (χ0) is 24.3. The van der Waals surface area contributed by atoms with Crippen molar-refractivity contribution < 1.29 is 29.0 Å². The molecule has 0 radical (unpaired) electrons. The molecule has 0 saturated carbocycles. The van der Waals surface area contributed by atoms with Gasteiger partial charge in [0.1, 0.15) is 0 Å². The molecule has 0 heterocycles. The molecule has 3 amide bonds. The van der Waals surface area contributed by atoms with E-state index in [0.717, 1.165) is 5.56 Å². The van der Waals surface area contributed by atoms with Crippen LogP contribution in [0.3, 0.4) is 0 Å². The van der Waals surface area contributed by atoms with Crippen LogP contribution in [0.15, 0.2) is 30.3 Å². The average molecular weight is 447 g/mol. The van der Waals surface area contributed by atoms with Gasteiger partial charge in [-0.1, -0.05) is 18.2 Å². The summed E-state index contributed by atoms with van der Waals surface area (Å²) in [4.78, 5) is 47.7. The van der Waals surface area contributed by atoms with Crippen LogP contribution in [0.4, 0.5) is 0 Å². The molecule has 1 aromatic rings. The van der Waals surface area contributed by atoms with Gasteiger partial charge in [0.2, 0.25) is 0 Å². The van der Waals surface area contributed by atoms with Gasteiger partial charge in [-0.25, -0.2) is 0 Å². The first-order valence-corrected chi connectivity index (χ1v) is 9.87. The van der Waals surface area contributed by atoms with Crippen molar-refractivity contribution in [3.63, 3.8) is 0 Å². The summed E-state index contributed by atoms with van der Waals surface area (Å²) in [6.45, 7) is 4.22. The predicted molar refractivity (Wildman–Crippen MR) is 120 cm³/mol. The quantitative estimate of drug-likeness (QED) is 0.106. The summed E-state index contributed by atoms with van der Waals surface area (Å²) < 4.78 is 5.44. The van der Waals surface area contributed by atoms with Crippen molar-refractivity contribution in [3.8, 4) is 0 Å². The molecule has 0 bridgehead atoms. The van der Waals surface area contributed by atoms with Gasteiger partial charge in [0.05, 0.1) is 0 Å². The summed E-state index contributed by atoms with van der Waals surface area (Å²) >= 11 is 0. The Labute approximate surface area is 187 Å². The van der Waals surface area contributed by atoms with Gasteiger partial charge < -0.3 is 5.11 Å². The number of hydrogen-bond donors (Lipinski definition) is 5. The number of rotatable bonds is 12. The minimum atomic E-state index is -1.23. The number of benzene rings is 1. The zero-order valence-corrected chi connectivity index (χ0v) is 18.5. The molecule has 0 spiro atoms. The van der Waals surface area contributed by atoms with E-state index in [9.17, 15) is 19.2 Å². The van der Waals surface area contributed by atoms with E-state index < -0.39 is 48.4 Å². The Hall–Kier alpha value is -3.41.